The summed E-state index contributed by atoms with van der Waals surface area (Å²) in [6, 6.07) is 27.6. The van der Waals surface area contributed by atoms with E-state index < -0.39 is 38.3 Å². The van der Waals surface area contributed by atoms with Crippen molar-refractivity contribution in [2.45, 2.75) is 128 Å². The summed E-state index contributed by atoms with van der Waals surface area (Å²) in [5.41, 5.74) is 7.40. The summed E-state index contributed by atoms with van der Waals surface area (Å²) in [6.45, 7) is 3.62. The first-order valence-corrected chi connectivity index (χ1v) is 20.8. The summed E-state index contributed by atoms with van der Waals surface area (Å²) in [6.07, 6.45) is -6.61. The minimum Gasteiger partial charge on any atom is -0.457 e. The maximum atomic E-state index is 13.5. The van der Waals surface area contributed by atoms with E-state index >= 15 is 0 Å². The zero-order valence-corrected chi connectivity index (χ0v) is 33.7. The first kappa shape index (κ1) is 44.6. The van der Waals surface area contributed by atoms with Crippen molar-refractivity contribution in [3.05, 3.63) is 129 Å². The summed E-state index contributed by atoms with van der Waals surface area (Å²) in [7, 11) is 0. The Bertz CT molecular complexity index is 1770. The van der Waals surface area contributed by atoms with E-state index in [1.54, 1.807) is 24.3 Å². The third kappa shape index (κ3) is 13.0. The van der Waals surface area contributed by atoms with Gasteiger partial charge in [0.15, 0.2) is 0 Å². The Morgan fingerprint density at radius 3 is 1.17 bits per heavy atom. The molecular formula is C48H54F8O3. The van der Waals surface area contributed by atoms with Gasteiger partial charge in [-0.15, -0.1) is 0 Å². The zero-order chi connectivity index (χ0) is 42.2. The van der Waals surface area contributed by atoms with E-state index in [2.05, 4.69) is 71.9 Å². The molecule has 0 aromatic heterocycles. The molecule has 0 aliphatic heterocycles. The quantitative estimate of drug-likeness (QED) is 0.105. The first-order valence-electron chi connectivity index (χ1n) is 20.8. The van der Waals surface area contributed by atoms with Gasteiger partial charge in [0.2, 0.25) is 0 Å². The number of hydrogen-bond acceptors (Lipinski definition) is 3. The average Bonchev–Trinajstić information content (AvgIpc) is 3.20. The second-order valence-electron chi connectivity index (χ2n) is 16.7. The van der Waals surface area contributed by atoms with Crippen LogP contribution in [0.5, 0.6) is 11.5 Å². The SMILES string of the molecule is CC1CCC(c2ccc(Cc3cc(CCOC(F)C(F)(F)F)ccc3Oc3ccc(CCOC(F)C(F)(F)F)cc3Cc3ccc(C4CCC(C)CC4)cc3)cc2)CC1. The lowest BCUT2D eigenvalue weighted by molar-refractivity contribution is -0.264. The summed E-state index contributed by atoms with van der Waals surface area (Å²) in [4.78, 5) is 0. The van der Waals surface area contributed by atoms with Gasteiger partial charge in [0, 0.05) is 12.8 Å². The van der Waals surface area contributed by atoms with Gasteiger partial charge in [0.05, 0.1) is 13.2 Å². The Morgan fingerprint density at radius 2 is 0.831 bits per heavy atom. The van der Waals surface area contributed by atoms with Crippen molar-refractivity contribution in [2.75, 3.05) is 13.2 Å². The Labute approximate surface area is 342 Å². The minimum atomic E-state index is -5.11. The molecule has 0 bridgehead atoms. The lowest BCUT2D eigenvalue weighted by atomic mass is 9.79. The van der Waals surface area contributed by atoms with Crippen LogP contribution in [0.2, 0.25) is 0 Å². The summed E-state index contributed by atoms with van der Waals surface area (Å²) in [5, 5.41) is 0. The van der Waals surface area contributed by atoms with Gasteiger partial charge in [0.25, 0.3) is 12.7 Å². The molecule has 59 heavy (non-hydrogen) atoms. The molecule has 0 radical (unpaired) electrons. The van der Waals surface area contributed by atoms with E-state index in [0.717, 1.165) is 59.8 Å². The number of rotatable bonds is 16. The summed E-state index contributed by atoms with van der Waals surface area (Å²) in [5.74, 6) is 3.51. The van der Waals surface area contributed by atoms with Crippen LogP contribution in [0.25, 0.3) is 0 Å². The number of benzene rings is 4. The summed E-state index contributed by atoms with van der Waals surface area (Å²) < 4.78 is 119. The van der Waals surface area contributed by atoms with E-state index in [1.165, 1.54) is 36.8 Å². The summed E-state index contributed by atoms with van der Waals surface area (Å²) >= 11 is 0. The molecule has 11 heteroatoms. The first-order chi connectivity index (χ1) is 28.1. The fourth-order valence-electron chi connectivity index (χ4n) is 8.36. The third-order valence-electron chi connectivity index (χ3n) is 12.0. The van der Waals surface area contributed by atoms with Crippen LogP contribution in [0, 0.1) is 11.8 Å². The molecule has 2 fully saturated rings. The third-order valence-corrected chi connectivity index (χ3v) is 12.0. The molecule has 0 spiro atoms. The van der Waals surface area contributed by atoms with Crippen LogP contribution in [0.15, 0.2) is 84.9 Å². The normalized spacial score (nSPS) is 21.3. The molecule has 0 N–H and O–H groups in total. The fraction of sp³-hybridized carbons (Fsp3) is 0.500. The lowest BCUT2D eigenvalue weighted by Crippen LogP contribution is -2.27. The average molecular weight is 831 g/mol. The Hall–Kier alpha value is -3.96. The number of hydrogen-bond donors (Lipinski definition) is 0. The smallest absolute Gasteiger partial charge is 0.445 e. The van der Waals surface area contributed by atoms with Gasteiger partial charge in [0.1, 0.15) is 11.5 Å². The van der Waals surface area contributed by atoms with Crippen LogP contribution >= 0.6 is 0 Å². The highest BCUT2D eigenvalue weighted by atomic mass is 19.4. The van der Waals surface area contributed by atoms with Crippen molar-refractivity contribution < 1.29 is 49.3 Å². The van der Waals surface area contributed by atoms with Gasteiger partial charge in [-0.05, 0) is 119 Å². The van der Waals surface area contributed by atoms with E-state index in [-0.39, 0.29) is 12.8 Å². The van der Waals surface area contributed by atoms with Crippen LogP contribution in [0.1, 0.15) is 122 Å². The highest BCUT2D eigenvalue weighted by Gasteiger charge is 2.42. The topological polar surface area (TPSA) is 27.7 Å². The molecule has 2 aliphatic carbocycles. The van der Waals surface area contributed by atoms with Crippen LogP contribution in [-0.4, -0.2) is 38.3 Å². The maximum absolute atomic E-state index is 13.5. The van der Waals surface area contributed by atoms with Gasteiger partial charge in [-0.25, -0.2) is 8.78 Å². The Kier molecular flexibility index (Phi) is 15.2. The van der Waals surface area contributed by atoms with Crippen molar-refractivity contribution >= 4 is 0 Å². The van der Waals surface area contributed by atoms with E-state index in [9.17, 15) is 35.1 Å². The molecule has 4 aromatic rings. The van der Waals surface area contributed by atoms with Crippen LogP contribution in [0.3, 0.4) is 0 Å². The molecule has 2 aliphatic rings. The van der Waals surface area contributed by atoms with Crippen molar-refractivity contribution in [1.82, 2.24) is 0 Å². The second-order valence-corrected chi connectivity index (χ2v) is 16.7. The van der Waals surface area contributed by atoms with E-state index in [1.807, 2.05) is 12.1 Å². The minimum absolute atomic E-state index is 0.0365. The standard InChI is InChI=1S/C48H54F8O3/c1-31-3-13-37(14-4-31)39-17-7-33(8-18-39)27-41-29-35(23-25-57-45(49)47(51,52)53)11-21-43(41)59-44-22-12-36(24-26-58-46(50)48(54,55)56)30-42(44)28-34-9-19-40(20-10-34)38-15-5-32(2)6-16-38/h7-12,17-22,29-32,37-38,45-46H,3-6,13-16,23-28H2,1-2H3. The van der Waals surface area contributed by atoms with Crippen LogP contribution in [-0.2, 0) is 35.2 Å². The Morgan fingerprint density at radius 1 is 0.492 bits per heavy atom. The largest absolute Gasteiger partial charge is 0.457 e. The molecule has 0 amide bonds. The van der Waals surface area contributed by atoms with Gasteiger partial charge < -0.3 is 14.2 Å². The predicted octanol–water partition coefficient (Wildman–Crippen LogP) is 14.1. The van der Waals surface area contributed by atoms with Gasteiger partial charge in [-0.2, -0.15) is 26.3 Å². The number of alkyl halides is 8. The maximum Gasteiger partial charge on any atom is 0.445 e. The van der Waals surface area contributed by atoms with Crippen molar-refractivity contribution in [1.29, 1.82) is 0 Å². The van der Waals surface area contributed by atoms with Crippen LogP contribution in [0.4, 0.5) is 35.1 Å². The molecular weight excluding hydrogens is 777 g/mol. The van der Waals surface area contributed by atoms with Gasteiger partial charge in [-0.1, -0.05) is 112 Å². The van der Waals surface area contributed by atoms with E-state index in [0.29, 0.717) is 47.3 Å². The highest BCUT2D eigenvalue weighted by molar-refractivity contribution is 5.48. The zero-order valence-electron chi connectivity index (χ0n) is 33.7. The number of ether oxygens (including phenoxy) is 3. The molecule has 2 saturated carbocycles. The Balaban J connectivity index is 1.25. The van der Waals surface area contributed by atoms with Gasteiger partial charge in [-0.3, -0.25) is 0 Å². The fourth-order valence-corrected chi connectivity index (χ4v) is 8.36. The molecule has 320 valence electrons. The molecule has 2 unspecified atom stereocenters. The molecule has 3 nitrogen and oxygen atoms in total. The van der Waals surface area contributed by atoms with Crippen molar-refractivity contribution in [3.63, 3.8) is 0 Å². The monoisotopic (exact) mass is 830 g/mol. The molecule has 0 heterocycles. The van der Waals surface area contributed by atoms with Crippen molar-refractivity contribution in [2.24, 2.45) is 11.8 Å². The predicted molar refractivity (Wildman–Crippen MR) is 213 cm³/mol. The molecule has 4 aromatic carbocycles. The van der Waals surface area contributed by atoms with Crippen LogP contribution < -0.4 is 4.74 Å². The second kappa shape index (κ2) is 20.1. The van der Waals surface area contributed by atoms with E-state index in [4.69, 9.17) is 4.74 Å². The van der Waals surface area contributed by atoms with Crippen molar-refractivity contribution in [3.8, 4) is 11.5 Å². The highest BCUT2D eigenvalue weighted by Crippen LogP contribution is 2.38. The molecule has 6 rings (SSSR count). The molecule has 2 atom stereocenters. The lowest BCUT2D eigenvalue weighted by Gasteiger charge is -2.26. The number of halogens is 8. The van der Waals surface area contributed by atoms with Gasteiger partial charge >= 0.3 is 12.4 Å². The molecule has 0 saturated heterocycles.